The number of nitrogens with zero attached hydrogens (tertiary/aromatic N) is 3. The highest BCUT2D eigenvalue weighted by Gasteiger charge is 2.26. The molecule has 2 heterocycles. The predicted molar refractivity (Wildman–Crippen MR) is 116 cm³/mol. The SMILES string of the molecule is O=c1c2c3c(sc2nc(N/N=C/c2ccc(F)cc2)n1C1CCCCC1)CCC3. The molecule has 5 rings (SSSR count). The number of fused-ring (bicyclic) bond motifs is 3. The molecule has 2 aromatic heterocycles. The average molecular weight is 411 g/mol. The van der Waals surface area contributed by atoms with Gasteiger partial charge in [0, 0.05) is 10.9 Å². The van der Waals surface area contributed by atoms with E-state index in [1.54, 1.807) is 29.7 Å². The standard InChI is InChI=1S/C22H23FN4OS/c23-15-11-9-14(10-12-15)13-24-26-22-25-20-19(17-7-4-8-18(17)29-20)21(28)27(22)16-5-2-1-3-6-16/h9-13,16H,1-8H2,(H,25,26)/b24-13+. The summed E-state index contributed by atoms with van der Waals surface area (Å²) in [6.45, 7) is 0. The lowest BCUT2D eigenvalue weighted by atomic mass is 9.95. The first-order valence-electron chi connectivity index (χ1n) is 10.3. The third-order valence-corrected chi connectivity index (χ3v) is 7.14. The first-order chi connectivity index (χ1) is 14.2. The Bertz CT molecular complexity index is 1130. The minimum absolute atomic E-state index is 0.0702. The zero-order valence-electron chi connectivity index (χ0n) is 16.2. The molecule has 0 bridgehead atoms. The van der Waals surface area contributed by atoms with Gasteiger partial charge in [-0.15, -0.1) is 11.3 Å². The van der Waals surface area contributed by atoms with Crippen LogP contribution in [0.1, 0.15) is 60.6 Å². The Morgan fingerprint density at radius 3 is 2.72 bits per heavy atom. The van der Waals surface area contributed by atoms with Crippen molar-refractivity contribution in [2.45, 2.75) is 57.4 Å². The van der Waals surface area contributed by atoms with E-state index in [0.29, 0.717) is 5.95 Å². The largest absolute Gasteiger partial charge is 0.274 e. The van der Waals surface area contributed by atoms with Gasteiger partial charge in [-0.25, -0.2) is 14.8 Å². The van der Waals surface area contributed by atoms with Crippen molar-refractivity contribution in [2.24, 2.45) is 5.10 Å². The van der Waals surface area contributed by atoms with Gasteiger partial charge in [0.2, 0.25) is 5.95 Å². The molecule has 2 aliphatic carbocycles. The molecule has 5 nitrogen and oxygen atoms in total. The highest BCUT2D eigenvalue weighted by molar-refractivity contribution is 7.18. The molecular formula is C22H23FN4OS. The molecule has 3 aromatic rings. The summed E-state index contributed by atoms with van der Waals surface area (Å²) < 4.78 is 14.9. The van der Waals surface area contributed by atoms with Crippen molar-refractivity contribution in [3.8, 4) is 0 Å². The van der Waals surface area contributed by atoms with Crippen LogP contribution in [0.5, 0.6) is 0 Å². The molecule has 2 aliphatic rings. The number of hydrazone groups is 1. The van der Waals surface area contributed by atoms with E-state index in [1.807, 2.05) is 4.57 Å². The summed E-state index contributed by atoms with van der Waals surface area (Å²) in [6, 6.07) is 6.28. The summed E-state index contributed by atoms with van der Waals surface area (Å²) >= 11 is 1.64. The van der Waals surface area contributed by atoms with Crippen molar-refractivity contribution in [1.82, 2.24) is 9.55 Å². The molecule has 0 spiro atoms. The summed E-state index contributed by atoms with van der Waals surface area (Å²) in [4.78, 5) is 20.5. The number of halogens is 1. The van der Waals surface area contributed by atoms with Gasteiger partial charge in [-0.3, -0.25) is 9.36 Å². The van der Waals surface area contributed by atoms with E-state index >= 15 is 0 Å². The van der Waals surface area contributed by atoms with Crippen molar-refractivity contribution < 1.29 is 4.39 Å². The van der Waals surface area contributed by atoms with Crippen LogP contribution in [0, 0.1) is 5.82 Å². The lowest BCUT2D eigenvalue weighted by molar-refractivity contribution is 0.348. The Balaban J connectivity index is 1.55. The van der Waals surface area contributed by atoms with Gasteiger partial charge in [-0.2, -0.15) is 5.10 Å². The molecule has 0 amide bonds. The molecule has 0 radical (unpaired) electrons. The second-order valence-corrected chi connectivity index (χ2v) is 8.95. The van der Waals surface area contributed by atoms with Crippen LogP contribution in [-0.2, 0) is 12.8 Å². The number of rotatable bonds is 4. The van der Waals surface area contributed by atoms with Gasteiger partial charge in [-0.05, 0) is 55.4 Å². The Morgan fingerprint density at radius 1 is 1.14 bits per heavy atom. The highest BCUT2D eigenvalue weighted by Crippen LogP contribution is 2.37. The van der Waals surface area contributed by atoms with E-state index in [0.717, 1.165) is 60.7 Å². The Kier molecular flexibility index (Phi) is 4.91. The Morgan fingerprint density at radius 2 is 1.93 bits per heavy atom. The van der Waals surface area contributed by atoms with Crippen molar-refractivity contribution in [3.63, 3.8) is 0 Å². The van der Waals surface area contributed by atoms with E-state index in [9.17, 15) is 9.18 Å². The lowest BCUT2D eigenvalue weighted by Crippen LogP contribution is -2.29. The van der Waals surface area contributed by atoms with Crippen LogP contribution in [0.3, 0.4) is 0 Å². The van der Waals surface area contributed by atoms with Gasteiger partial charge < -0.3 is 0 Å². The van der Waals surface area contributed by atoms with E-state index in [2.05, 4.69) is 10.5 Å². The minimum Gasteiger partial charge on any atom is -0.274 e. The van der Waals surface area contributed by atoms with Gasteiger partial charge in [0.1, 0.15) is 10.6 Å². The van der Waals surface area contributed by atoms with E-state index in [-0.39, 0.29) is 17.4 Å². The fourth-order valence-electron chi connectivity index (χ4n) is 4.53. The molecule has 1 saturated carbocycles. The third kappa shape index (κ3) is 3.48. The maximum absolute atomic E-state index is 13.5. The van der Waals surface area contributed by atoms with Gasteiger partial charge in [0.15, 0.2) is 0 Å². The van der Waals surface area contributed by atoms with Crippen LogP contribution in [0.15, 0.2) is 34.2 Å². The molecule has 0 saturated heterocycles. The van der Waals surface area contributed by atoms with Crippen LogP contribution in [0.25, 0.3) is 10.2 Å². The number of nitrogens with one attached hydrogen (secondary N) is 1. The topological polar surface area (TPSA) is 59.3 Å². The summed E-state index contributed by atoms with van der Waals surface area (Å²) in [5.41, 5.74) is 5.07. The van der Waals surface area contributed by atoms with E-state index < -0.39 is 0 Å². The van der Waals surface area contributed by atoms with Crippen molar-refractivity contribution in [1.29, 1.82) is 0 Å². The minimum atomic E-state index is -0.279. The van der Waals surface area contributed by atoms with Crippen LogP contribution in [0.2, 0.25) is 0 Å². The normalized spacial score (nSPS) is 17.3. The summed E-state index contributed by atoms with van der Waals surface area (Å²) in [7, 11) is 0. The molecule has 150 valence electrons. The molecule has 29 heavy (non-hydrogen) atoms. The van der Waals surface area contributed by atoms with Gasteiger partial charge >= 0.3 is 0 Å². The van der Waals surface area contributed by atoms with Crippen LogP contribution in [-0.4, -0.2) is 15.8 Å². The third-order valence-electron chi connectivity index (χ3n) is 5.96. The number of hydrogen-bond donors (Lipinski definition) is 1. The Labute approximate surface area is 172 Å². The molecular weight excluding hydrogens is 387 g/mol. The fourth-order valence-corrected chi connectivity index (χ4v) is 5.78. The number of aromatic nitrogens is 2. The molecule has 1 N–H and O–H groups in total. The van der Waals surface area contributed by atoms with Crippen LogP contribution >= 0.6 is 11.3 Å². The summed E-state index contributed by atoms with van der Waals surface area (Å²) in [5, 5.41) is 5.11. The molecule has 7 heteroatoms. The molecule has 1 fully saturated rings. The smallest absolute Gasteiger partial charge is 0.264 e. The molecule has 0 unspecified atom stereocenters. The first kappa shape index (κ1) is 18.5. The summed E-state index contributed by atoms with van der Waals surface area (Å²) in [6.07, 6.45) is 10.3. The number of benzene rings is 1. The second-order valence-electron chi connectivity index (χ2n) is 7.86. The number of anilines is 1. The van der Waals surface area contributed by atoms with Crippen molar-refractivity contribution in [3.05, 3.63) is 56.4 Å². The fraction of sp³-hybridized carbons (Fsp3) is 0.409. The summed E-state index contributed by atoms with van der Waals surface area (Å²) in [5.74, 6) is 0.229. The van der Waals surface area contributed by atoms with Gasteiger partial charge in [0.05, 0.1) is 11.6 Å². The van der Waals surface area contributed by atoms with Crippen molar-refractivity contribution >= 4 is 33.7 Å². The van der Waals surface area contributed by atoms with E-state index in [1.165, 1.54) is 29.0 Å². The zero-order chi connectivity index (χ0) is 19.8. The van der Waals surface area contributed by atoms with E-state index in [4.69, 9.17) is 4.98 Å². The Hall–Kier alpha value is -2.54. The predicted octanol–water partition coefficient (Wildman–Crippen LogP) is 5.04. The quantitative estimate of drug-likeness (QED) is 0.484. The second kappa shape index (κ2) is 7.71. The zero-order valence-corrected chi connectivity index (χ0v) is 17.0. The molecule has 0 aliphatic heterocycles. The maximum Gasteiger partial charge on any atom is 0.264 e. The number of thiophene rings is 1. The number of aryl methyl sites for hydroxylation is 2. The number of hydrogen-bond acceptors (Lipinski definition) is 5. The highest BCUT2D eigenvalue weighted by atomic mass is 32.1. The van der Waals surface area contributed by atoms with Crippen LogP contribution < -0.4 is 11.0 Å². The lowest BCUT2D eigenvalue weighted by Gasteiger charge is -2.25. The van der Waals surface area contributed by atoms with Crippen molar-refractivity contribution in [2.75, 3.05) is 5.43 Å². The van der Waals surface area contributed by atoms with Gasteiger partial charge in [0.25, 0.3) is 5.56 Å². The van der Waals surface area contributed by atoms with Crippen LogP contribution in [0.4, 0.5) is 10.3 Å². The monoisotopic (exact) mass is 410 g/mol. The molecule has 0 atom stereocenters. The average Bonchev–Trinajstić information content (AvgIpc) is 3.31. The molecule has 1 aromatic carbocycles. The maximum atomic E-state index is 13.5. The first-order valence-corrected chi connectivity index (χ1v) is 11.1. The van der Waals surface area contributed by atoms with Gasteiger partial charge in [-0.1, -0.05) is 31.4 Å².